The van der Waals surface area contributed by atoms with E-state index >= 15 is 0 Å². The van der Waals surface area contributed by atoms with Crippen LogP contribution in [0.3, 0.4) is 0 Å². The Morgan fingerprint density at radius 2 is 1.33 bits per heavy atom. The molecule has 0 aliphatic carbocycles. The Bertz CT molecular complexity index is 86.3. The lowest BCUT2D eigenvalue weighted by molar-refractivity contribution is -0.0606. The van der Waals surface area contributed by atoms with Crippen LogP contribution in [-0.2, 0) is 0 Å². The third kappa shape index (κ3) is 7.18. The molecule has 0 fully saturated rings. The molecule has 0 aromatic carbocycles. The molecule has 7 heteroatoms. The molecule has 0 radical (unpaired) electrons. The van der Waals surface area contributed by atoms with Gasteiger partial charge >= 0.3 is 6.18 Å². The molecule has 4 nitrogen and oxygen atoms in total. The van der Waals surface area contributed by atoms with E-state index in [1.54, 1.807) is 0 Å². The van der Waals surface area contributed by atoms with Crippen LogP contribution in [0.15, 0.2) is 0 Å². The summed E-state index contributed by atoms with van der Waals surface area (Å²) in [4.78, 5) is 0. The highest BCUT2D eigenvalue weighted by Crippen LogP contribution is 2.12. The van der Waals surface area contributed by atoms with Gasteiger partial charge in [0.25, 0.3) is 0 Å². The minimum absolute atomic E-state index is 1.76. The Kier molecular flexibility index (Phi) is 5.03. The van der Waals surface area contributed by atoms with Crippen molar-refractivity contribution in [3.8, 4) is 0 Å². The molecule has 0 bridgehead atoms. The lowest BCUT2D eigenvalue weighted by Crippen LogP contribution is -2.29. The summed E-state index contributed by atoms with van der Waals surface area (Å²) in [5.74, 6) is 6.24. The van der Waals surface area contributed by atoms with Crippen molar-refractivity contribution in [2.24, 2.45) is 17.4 Å². The number of amidine groups is 1. The number of alkyl halides is 3. The predicted molar refractivity (Wildman–Crippen MR) is 26.3 cm³/mol. The minimum Gasteiger partial charge on any atom is -0.380 e. The summed E-state index contributed by atoms with van der Waals surface area (Å²) in [5.41, 5.74) is 4.03. The van der Waals surface area contributed by atoms with Crippen LogP contribution in [0.4, 0.5) is 13.2 Å². The first-order valence-electron chi connectivity index (χ1n) is 1.69. The van der Waals surface area contributed by atoms with Crippen LogP contribution in [0.2, 0.25) is 0 Å². The van der Waals surface area contributed by atoms with Crippen LogP contribution in [0.25, 0.3) is 0 Å². The highest BCUT2D eigenvalue weighted by atomic mass is 19.4. The molecule has 0 aliphatic heterocycles. The van der Waals surface area contributed by atoms with E-state index in [1.165, 1.54) is 0 Å². The molecule has 0 atom stereocenters. The maximum Gasteiger partial charge on any atom is 0.448 e. The summed E-state index contributed by atoms with van der Waals surface area (Å²) >= 11 is 0. The topological polar surface area (TPSA) is 102 Å². The molecule has 7 N–H and O–H groups in total. The van der Waals surface area contributed by atoms with E-state index in [-0.39, 0.29) is 0 Å². The standard InChI is InChI=1S/C2H3F3N2.H4N2/c3-2(4,5)1(6)7;1-2/h(H3,6,7);1-2H2. The first-order valence-corrected chi connectivity index (χ1v) is 1.69. The van der Waals surface area contributed by atoms with E-state index in [1.807, 2.05) is 0 Å². The van der Waals surface area contributed by atoms with Crippen molar-refractivity contribution in [3.05, 3.63) is 0 Å². The van der Waals surface area contributed by atoms with E-state index in [0.29, 0.717) is 0 Å². The fourth-order valence-electron chi connectivity index (χ4n) is 0. The molecule has 9 heavy (non-hydrogen) atoms. The average Bonchev–Trinajstić information content (AvgIpc) is 1.69. The fourth-order valence-corrected chi connectivity index (χ4v) is 0. The lowest BCUT2D eigenvalue weighted by atomic mass is 10.6. The van der Waals surface area contributed by atoms with Gasteiger partial charge in [-0.05, 0) is 0 Å². The largest absolute Gasteiger partial charge is 0.448 e. The molecular weight excluding hydrogens is 137 g/mol. The Labute approximate surface area is 49.3 Å². The van der Waals surface area contributed by atoms with Crippen molar-refractivity contribution in [2.45, 2.75) is 6.18 Å². The van der Waals surface area contributed by atoms with E-state index in [0.717, 1.165) is 0 Å². The van der Waals surface area contributed by atoms with Crippen molar-refractivity contribution >= 4 is 5.84 Å². The maximum atomic E-state index is 10.8. The number of halogens is 3. The van der Waals surface area contributed by atoms with Crippen molar-refractivity contribution in [3.63, 3.8) is 0 Å². The Morgan fingerprint density at radius 3 is 1.33 bits per heavy atom. The normalized spacial score (nSPS) is 9.44. The van der Waals surface area contributed by atoms with Crippen molar-refractivity contribution in [1.29, 1.82) is 5.41 Å². The molecule has 0 saturated carbocycles. The van der Waals surface area contributed by atoms with Crippen LogP contribution < -0.4 is 17.4 Å². The van der Waals surface area contributed by atoms with Crippen LogP contribution in [0.5, 0.6) is 0 Å². The van der Waals surface area contributed by atoms with E-state index in [9.17, 15) is 13.2 Å². The Morgan fingerprint density at radius 1 is 1.22 bits per heavy atom. The summed E-state index contributed by atoms with van der Waals surface area (Å²) in [5, 5.41) is 5.80. The van der Waals surface area contributed by atoms with Gasteiger partial charge in [0.1, 0.15) is 0 Å². The second-order valence-corrected chi connectivity index (χ2v) is 0.911. The van der Waals surface area contributed by atoms with Gasteiger partial charge in [-0.15, -0.1) is 0 Å². The van der Waals surface area contributed by atoms with Gasteiger partial charge in [-0.3, -0.25) is 17.1 Å². The molecule has 0 aliphatic rings. The zero-order chi connectivity index (χ0) is 8.08. The highest BCUT2D eigenvalue weighted by Gasteiger charge is 2.31. The Hall–Kier alpha value is -0.820. The smallest absolute Gasteiger partial charge is 0.380 e. The minimum atomic E-state index is -4.64. The SMILES string of the molecule is N=C(N)C(F)(F)F.NN. The summed E-state index contributed by atoms with van der Waals surface area (Å²) in [6, 6.07) is 0. The molecule has 0 spiro atoms. The molecule has 0 unspecified atom stereocenters. The van der Waals surface area contributed by atoms with Crippen LogP contribution in [0.1, 0.15) is 0 Å². The molecular formula is C2H7F3N4. The summed E-state index contributed by atoms with van der Waals surface area (Å²) in [6.45, 7) is 0. The quantitative estimate of drug-likeness (QED) is 0.156. The van der Waals surface area contributed by atoms with Crippen molar-refractivity contribution < 1.29 is 13.2 Å². The predicted octanol–water partition coefficient (Wildman–Crippen LogP) is -0.697. The summed E-state index contributed by atoms with van der Waals surface area (Å²) < 4.78 is 32.5. The Balaban J connectivity index is 0. The molecule has 56 valence electrons. The van der Waals surface area contributed by atoms with Gasteiger partial charge in [-0.25, -0.2) is 0 Å². The van der Waals surface area contributed by atoms with Crippen LogP contribution >= 0.6 is 0 Å². The van der Waals surface area contributed by atoms with E-state index in [4.69, 9.17) is 5.41 Å². The molecule has 0 saturated heterocycles. The molecule has 0 heterocycles. The number of hydrazine groups is 1. The number of nitrogens with one attached hydrogen (secondary N) is 1. The molecule has 0 aromatic rings. The first kappa shape index (κ1) is 11.0. The third-order valence-corrected chi connectivity index (χ3v) is 0.305. The zero-order valence-electron chi connectivity index (χ0n) is 4.37. The average molecular weight is 144 g/mol. The summed E-state index contributed by atoms with van der Waals surface area (Å²) in [6.07, 6.45) is -4.64. The van der Waals surface area contributed by atoms with Crippen LogP contribution in [-0.4, -0.2) is 12.0 Å². The molecule has 0 aromatic heterocycles. The second-order valence-electron chi connectivity index (χ2n) is 0.911. The number of rotatable bonds is 0. The summed E-state index contributed by atoms with van der Waals surface area (Å²) in [7, 11) is 0. The number of hydrogen-bond acceptors (Lipinski definition) is 3. The van der Waals surface area contributed by atoms with Gasteiger partial charge in [0.05, 0.1) is 0 Å². The van der Waals surface area contributed by atoms with Crippen LogP contribution in [0, 0.1) is 5.41 Å². The zero-order valence-corrected chi connectivity index (χ0v) is 4.37. The van der Waals surface area contributed by atoms with Gasteiger partial charge in [-0.2, -0.15) is 13.2 Å². The van der Waals surface area contributed by atoms with E-state index < -0.39 is 12.0 Å². The van der Waals surface area contributed by atoms with E-state index in [2.05, 4.69) is 17.4 Å². The number of hydrogen-bond donors (Lipinski definition) is 4. The third-order valence-electron chi connectivity index (χ3n) is 0.305. The van der Waals surface area contributed by atoms with Gasteiger partial charge in [0.15, 0.2) is 5.84 Å². The first-order chi connectivity index (χ1) is 3.94. The fraction of sp³-hybridized carbons (Fsp3) is 0.500. The van der Waals surface area contributed by atoms with Gasteiger partial charge in [0.2, 0.25) is 0 Å². The van der Waals surface area contributed by atoms with Crippen molar-refractivity contribution in [1.82, 2.24) is 0 Å². The molecule has 0 rings (SSSR count). The molecule has 0 amide bonds. The highest BCUT2D eigenvalue weighted by molar-refractivity contribution is 5.82. The number of nitrogens with two attached hydrogens (primary N) is 3. The van der Waals surface area contributed by atoms with Gasteiger partial charge in [-0.1, -0.05) is 0 Å². The van der Waals surface area contributed by atoms with Crippen molar-refractivity contribution in [2.75, 3.05) is 0 Å². The van der Waals surface area contributed by atoms with Gasteiger partial charge in [0, 0.05) is 0 Å². The second kappa shape index (κ2) is 4.10. The monoisotopic (exact) mass is 144 g/mol. The maximum absolute atomic E-state index is 10.8. The van der Waals surface area contributed by atoms with Gasteiger partial charge < -0.3 is 5.73 Å². The lowest BCUT2D eigenvalue weighted by Gasteiger charge is -1.98.